The number of ether oxygens (including phenoxy) is 3. The Labute approximate surface area is 174 Å². The SMILES string of the molecule is COC(=O)C(Cc1c[nH]c2ccccc12)NC(=O)/C=C/c1ccc(OC)c(OC)c1. The highest BCUT2D eigenvalue weighted by Crippen LogP contribution is 2.28. The average Bonchev–Trinajstić information content (AvgIpc) is 3.19. The molecule has 0 aliphatic carbocycles. The normalized spacial score (nSPS) is 12.0. The Morgan fingerprint density at radius 2 is 1.83 bits per heavy atom. The summed E-state index contributed by atoms with van der Waals surface area (Å²) < 4.78 is 15.3. The fourth-order valence-electron chi connectivity index (χ4n) is 3.20. The number of fused-ring (bicyclic) bond motifs is 1. The molecule has 0 saturated heterocycles. The van der Waals surface area contributed by atoms with E-state index in [1.165, 1.54) is 13.2 Å². The van der Waals surface area contributed by atoms with Gasteiger partial charge < -0.3 is 24.5 Å². The minimum Gasteiger partial charge on any atom is -0.493 e. The molecule has 0 aliphatic heterocycles. The van der Waals surface area contributed by atoms with Crippen molar-refractivity contribution in [2.45, 2.75) is 12.5 Å². The molecule has 3 rings (SSSR count). The van der Waals surface area contributed by atoms with Gasteiger partial charge in [0, 0.05) is 29.6 Å². The average molecular weight is 408 g/mol. The van der Waals surface area contributed by atoms with E-state index >= 15 is 0 Å². The van der Waals surface area contributed by atoms with Gasteiger partial charge in [-0.1, -0.05) is 24.3 Å². The minimum atomic E-state index is -0.809. The van der Waals surface area contributed by atoms with E-state index in [1.807, 2.05) is 30.5 Å². The Kier molecular flexibility index (Phi) is 6.75. The molecule has 3 aromatic rings. The Morgan fingerprint density at radius 3 is 2.57 bits per heavy atom. The van der Waals surface area contributed by atoms with Gasteiger partial charge in [0.1, 0.15) is 6.04 Å². The molecule has 2 aromatic carbocycles. The number of aromatic amines is 1. The van der Waals surface area contributed by atoms with Gasteiger partial charge in [-0.25, -0.2) is 4.79 Å². The van der Waals surface area contributed by atoms with E-state index in [0.717, 1.165) is 22.0 Å². The number of rotatable bonds is 8. The molecule has 1 atom stereocenters. The fourth-order valence-corrected chi connectivity index (χ4v) is 3.20. The van der Waals surface area contributed by atoms with E-state index in [-0.39, 0.29) is 0 Å². The zero-order valence-corrected chi connectivity index (χ0v) is 17.1. The maximum absolute atomic E-state index is 12.4. The molecule has 1 aromatic heterocycles. The van der Waals surface area contributed by atoms with E-state index in [1.54, 1.807) is 38.5 Å². The van der Waals surface area contributed by atoms with Crippen LogP contribution >= 0.6 is 0 Å². The molecular weight excluding hydrogens is 384 g/mol. The zero-order valence-electron chi connectivity index (χ0n) is 17.1. The molecule has 30 heavy (non-hydrogen) atoms. The highest BCUT2D eigenvalue weighted by molar-refractivity contribution is 5.95. The number of nitrogens with one attached hydrogen (secondary N) is 2. The molecule has 0 spiro atoms. The molecule has 1 amide bonds. The quantitative estimate of drug-likeness (QED) is 0.442. The van der Waals surface area contributed by atoms with E-state index in [9.17, 15) is 9.59 Å². The first-order chi connectivity index (χ1) is 14.5. The monoisotopic (exact) mass is 408 g/mol. The third-order valence-corrected chi connectivity index (χ3v) is 4.74. The molecule has 0 radical (unpaired) electrons. The topological polar surface area (TPSA) is 89.7 Å². The standard InChI is InChI=1S/C23H24N2O5/c1-28-20-10-8-15(12-21(20)29-2)9-11-22(26)25-19(23(27)30-3)13-16-14-24-18-7-5-4-6-17(16)18/h4-12,14,19,24H,13H2,1-3H3,(H,25,26)/b11-9+. The summed E-state index contributed by atoms with van der Waals surface area (Å²) in [6, 6.07) is 12.3. The van der Waals surface area contributed by atoms with Crippen LogP contribution < -0.4 is 14.8 Å². The molecule has 7 heteroatoms. The first kappa shape index (κ1) is 21.0. The summed E-state index contributed by atoms with van der Waals surface area (Å²) in [5, 5.41) is 3.72. The van der Waals surface area contributed by atoms with Crippen molar-refractivity contribution in [3.8, 4) is 11.5 Å². The van der Waals surface area contributed by atoms with E-state index in [4.69, 9.17) is 14.2 Å². The Balaban J connectivity index is 1.72. The molecule has 0 fully saturated rings. The number of aromatic nitrogens is 1. The van der Waals surface area contributed by atoms with Crippen LogP contribution in [0.4, 0.5) is 0 Å². The molecule has 1 heterocycles. The van der Waals surface area contributed by atoms with Crippen LogP contribution in [0.3, 0.4) is 0 Å². The smallest absolute Gasteiger partial charge is 0.328 e. The number of carbonyl (C=O) groups excluding carboxylic acids is 2. The van der Waals surface area contributed by atoms with Gasteiger partial charge in [0.05, 0.1) is 21.3 Å². The van der Waals surface area contributed by atoms with Crippen molar-refractivity contribution in [3.63, 3.8) is 0 Å². The molecule has 0 saturated carbocycles. The largest absolute Gasteiger partial charge is 0.493 e. The predicted molar refractivity (Wildman–Crippen MR) is 115 cm³/mol. The molecule has 2 N–H and O–H groups in total. The second kappa shape index (κ2) is 9.65. The maximum atomic E-state index is 12.4. The minimum absolute atomic E-state index is 0.312. The van der Waals surface area contributed by atoms with Gasteiger partial charge in [0.15, 0.2) is 11.5 Å². The molecular formula is C23H24N2O5. The highest BCUT2D eigenvalue weighted by atomic mass is 16.5. The van der Waals surface area contributed by atoms with Gasteiger partial charge in [-0.05, 0) is 35.4 Å². The van der Waals surface area contributed by atoms with Crippen LogP contribution in [0.1, 0.15) is 11.1 Å². The summed E-state index contributed by atoms with van der Waals surface area (Å²) in [6.07, 6.45) is 5.16. The highest BCUT2D eigenvalue weighted by Gasteiger charge is 2.22. The summed E-state index contributed by atoms with van der Waals surface area (Å²) in [5.74, 6) is 0.253. The number of H-pyrrole nitrogens is 1. The van der Waals surface area contributed by atoms with Gasteiger partial charge in [0.2, 0.25) is 5.91 Å². The van der Waals surface area contributed by atoms with Crippen molar-refractivity contribution < 1.29 is 23.8 Å². The number of para-hydroxylation sites is 1. The first-order valence-corrected chi connectivity index (χ1v) is 9.39. The number of methoxy groups -OCH3 is 3. The third-order valence-electron chi connectivity index (χ3n) is 4.74. The maximum Gasteiger partial charge on any atom is 0.328 e. The second-order valence-electron chi connectivity index (χ2n) is 6.60. The van der Waals surface area contributed by atoms with Crippen molar-refractivity contribution in [3.05, 3.63) is 65.9 Å². The van der Waals surface area contributed by atoms with Crippen molar-refractivity contribution >= 4 is 28.9 Å². The summed E-state index contributed by atoms with van der Waals surface area (Å²) >= 11 is 0. The number of carbonyl (C=O) groups is 2. The first-order valence-electron chi connectivity index (χ1n) is 9.39. The summed E-state index contributed by atoms with van der Waals surface area (Å²) in [6.45, 7) is 0. The van der Waals surface area contributed by atoms with Crippen molar-refractivity contribution in [2.75, 3.05) is 21.3 Å². The number of amides is 1. The molecule has 7 nitrogen and oxygen atoms in total. The van der Waals surface area contributed by atoms with E-state index in [0.29, 0.717) is 17.9 Å². The number of hydrogen-bond acceptors (Lipinski definition) is 5. The van der Waals surface area contributed by atoms with Crippen molar-refractivity contribution in [2.24, 2.45) is 0 Å². The second-order valence-corrected chi connectivity index (χ2v) is 6.60. The predicted octanol–water partition coefficient (Wildman–Crippen LogP) is 3.10. The van der Waals surface area contributed by atoms with Gasteiger partial charge in [-0.2, -0.15) is 0 Å². The lowest BCUT2D eigenvalue weighted by Crippen LogP contribution is -2.42. The van der Waals surface area contributed by atoms with Gasteiger partial charge in [-0.3, -0.25) is 4.79 Å². The van der Waals surface area contributed by atoms with Crippen molar-refractivity contribution in [1.82, 2.24) is 10.3 Å². The molecule has 0 bridgehead atoms. The molecule has 0 aliphatic rings. The third kappa shape index (κ3) is 4.81. The number of esters is 1. The van der Waals surface area contributed by atoms with Crippen LogP contribution in [0.5, 0.6) is 11.5 Å². The van der Waals surface area contributed by atoms with Crippen LogP contribution in [0.25, 0.3) is 17.0 Å². The number of benzene rings is 2. The van der Waals surface area contributed by atoms with Crippen LogP contribution in [0.2, 0.25) is 0 Å². The van der Waals surface area contributed by atoms with Crippen LogP contribution in [-0.4, -0.2) is 44.2 Å². The Hall–Kier alpha value is -3.74. The molecule has 1 unspecified atom stereocenters. The summed E-state index contributed by atoms with van der Waals surface area (Å²) in [4.78, 5) is 27.9. The zero-order chi connectivity index (χ0) is 21.5. The van der Waals surface area contributed by atoms with Crippen LogP contribution in [0, 0.1) is 0 Å². The summed E-state index contributed by atoms with van der Waals surface area (Å²) in [5.41, 5.74) is 2.65. The Bertz CT molecular complexity index is 1070. The fraction of sp³-hybridized carbons (Fsp3) is 0.217. The lowest BCUT2D eigenvalue weighted by Gasteiger charge is -2.15. The lowest BCUT2D eigenvalue weighted by molar-refractivity contribution is -0.144. The van der Waals surface area contributed by atoms with E-state index < -0.39 is 17.9 Å². The van der Waals surface area contributed by atoms with Gasteiger partial charge in [-0.15, -0.1) is 0 Å². The Morgan fingerprint density at radius 1 is 1.07 bits per heavy atom. The number of hydrogen-bond donors (Lipinski definition) is 2. The van der Waals surface area contributed by atoms with Gasteiger partial charge in [0.25, 0.3) is 0 Å². The van der Waals surface area contributed by atoms with Gasteiger partial charge >= 0.3 is 5.97 Å². The van der Waals surface area contributed by atoms with E-state index in [2.05, 4.69) is 10.3 Å². The summed E-state index contributed by atoms with van der Waals surface area (Å²) in [7, 11) is 4.40. The van der Waals surface area contributed by atoms with Crippen molar-refractivity contribution in [1.29, 1.82) is 0 Å². The lowest BCUT2D eigenvalue weighted by atomic mass is 10.0. The van der Waals surface area contributed by atoms with Crippen LogP contribution in [-0.2, 0) is 20.7 Å². The molecule has 156 valence electrons. The van der Waals surface area contributed by atoms with Crippen LogP contribution in [0.15, 0.2) is 54.7 Å².